The molecule has 0 aliphatic rings. The van der Waals surface area contributed by atoms with E-state index in [-0.39, 0.29) is 106 Å². The Morgan fingerprint density at radius 3 is 1.30 bits per heavy atom. The molecule has 454 valence electrons. The molecule has 0 saturated heterocycles. The molecule has 20 nitrogen and oxygen atoms in total. The Balaban J connectivity index is 1.81. The fourth-order valence-corrected chi connectivity index (χ4v) is 9.46. The van der Waals surface area contributed by atoms with E-state index in [0.29, 0.717) is 6.42 Å². The minimum Gasteiger partial charge on any atom is -0.493 e. The number of hydrogen-bond donors (Lipinski definition) is 2. The third-order valence-electron chi connectivity index (χ3n) is 15.4. The molecule has 2 heterocycles. The molecule has 4 rings (SSSR count). The number of nitrogens with zero attached hydrogens (tertiary/aromatic N) is 8. The molecule has 2 N–H and O–H groups in total. The lowest BCUT2D eigenvalue weighted by Gasteiger charge is -2.17. The number of carbonyl (C=O) groups excluding carboxylic acids is 4. The Bertz CT molecular complexity index is 2960. The molecule has 20 heteroatoms. The van der Waals surface area contributed by atoms with Crippen LogP contribution in [0.25, 0.3) is 0 Å². The number of nitriles is 2. The second kappa shape index (κ2) is 35.3. The highest BCUT2D eigenvalue weighted by molar-refractivity contribution is 6.03. The van der Waals surface area contributed by atoms with Gasteiger partial charge in [-0.15, -0.1) is 20.5 Å². The molecule has 2 aromatic carbocycles. The second-order valence-electron chi connectivity index (χ2n) is 21.3. The highest BCUT2D eigenvalue weighted by atomic mass is 16.5. The maximum atomic E-state index is 14.0. The average molecular weight is 1160 g/mol. The van der Waals surface area contributed by atoms with Gasteiger partial charge in [-0.05, 0) is 100 Å². The Morgan fingerprint density at radius 2 is 0.917 bits per heavy atom. The summed E-state index contributed by atoms with van der Waals surface area (Å²) in [6.07, 6.45) is 14.0. The quantitative estimate of drug-likeness (QED) is 0.0185. The number of esters is 3. The predicted octanol–water partition coefficient (Wildman–Crippen LogP) is 14.6. The first-order chi connectivity index (χ1) is 40.4. The van der Waals surface area contributed by atoms with Crippen LogP contribution in [-0.4, -0.2) is 75.6 Å². The highest BCUT2D eigenvalue weighted by Gasteiger charge is 2.26. The van der Waals surface area contributed by atoms with Crippen molar-refractivity contribution in [2.45, 2.75) is 191 Å². The standard InChI is InChI=1S/C64H86N8O12/c1-11-19-23-43(15-5)37-82-62(78)46-27-29-49(55(73)40-81-48(18-8)26-22-14-4)53(33-46)67-69-56-41(9)51(35-65)58(74)71(60(56)76)31-32-72-59(75)52(36-66)42(10)57(61(72)77)70-68-54-34-47(63(79)83-38-44(16-6)24-20-12-2)28-30-50(54)64(80)84-39-45(17-7)25-21-13-3/h27-30,33-34,43-45,48,76-77H,11-26,31-32,37-40H2,1-10H3/b69-67+,70-68+. The summed E-state index contributed by atoms with van der Waals surface area (Å²) >= 11 is 0. The number of ketones is 1. The Labute approximate surface area is 493 Å². The van der Waals surface area contributed by atoms with Crippen LogP contribution in [-0.2, 0) is 32.0 Å². The summed E-state index contributed by atoms with van der Waals surface area (Å²) in [5, 5.41) is 61.4. The summed E-state index contributed by atoms with van der Waals surface area (Å²) in [4.78, 5) is 82.5. The molecule has 0 fully saturated rings. The molecule has 4 unspecified atom stereocenters. The van der Waals surface area contributed by atoms with Crippen molar-refractivity contribution >= 4 is 46.4 Å². The number of pyridine rings is 2. The van der Waals surface area contributed by atoms with Crippen LogP contribution in [0, 0.1) is 54.3 Å². The van der Waals surface area contributed by atoms with E-state index >= 15 is 0 Å². The van der Waals surface area contributed by atoms with Gasteiger partial charge in [0.2, 0.25) is 11.8 Å². The summed E-state index contributed by atoms with van der Waals surface area (Å²) in [5.41, 5.74) is -4.01. The van der Waals surface area contributed by atoms with Crippen LogP contribution in [0.5, 0.6) is 11.8 Å². The van der Waals surface area contributed by atoms with Gasteiger partial charge in [-0.25, -0.2) is 14.4 Å². The average Bonchev–Trinajstić information content (AvgIpc) is 2.00. The molecule has 0 amide bonds. The third kappa shape index (κ3) is 18.8. The van der Waals surface area contributed by atoms with Crippen LogP contribution in [0.2, 0.25) is 0 Å². The number of rotatable bonds is 36. The lowest BCUT2D eigenvalue weighted by molar-refractivity contribution is 0.0390. The third-order valence-corrected chi connectivity index (χ3v) is 15.4. The van der Waals surface area contributed by atoms with Crippen LogP contribution in [0.1, 0.15) is 222 Å². The Kier molecular flexibility index (Phi) is 28.9. The molecular weight excluding hydrogens is 1070 g/mol. The smallest absolute Gasteiger partial charge is 0.340 e. The van der Waals surface area contributed by atoms with Gasteiger partial charge in [0.1, 0.15) is 35.6 Å². The summed E-state index contributed by atoms with van der Waals surface area (Å²) < 4.78 is 24.6. The predicted molar refractivity (Wildman–Crippen MR) is 320 cm³/mol. The van der Waals surface area contributed by atoms with Crippen molar-refractivity contribution in [3.8, 4) is 23.9 Å². The number of carbonyl (C=O) groups is 4. The van der Waals surface area contributed by atoms with Gasteiger partial charge in [0.05, 0.1) is 48.3 Å². The van der Waals surface area contributed by atoms with Crippen molar-refractivity contribution in [2.75, 3.05) is 26.4 Å². The molecule has 2 aromatic heterocycles. The van der Waals surface area contributed by atoms with Gasteiger partial charge in [-0.1, -0.05) is 126 Å². The van der Waals surface area contributed by atoms with Gasteiger partial charge in [0, 0.05) is 29.8 Å². The van der Waals surface area contributed by atoms with E-state index in [1.54, 1.807) is 0 Å². The van der Waals surface area contributed by atoms with Crippen LogP contribution >= 0.6 is 0 Å². The molecule has 0 aliphatic heterocycles. The van der Waals surface area contributed by atoms with Crippen LogP contribution < -0.4 is 11.1 Å². The topological polar surface area (TPSA) is 287 Å². The first kappa shape index (κ1) is 68.7. The molecule has 84 heavy (non-hydrogen) atoms. The van der Waals surface area contributed by atoms with Gasteiger partial charge in [-0.3, -0.25) is 23.5 Å². The first-order valence-corrected chi connectivity index (χ1v) is 29.9. The number of azo groups is 2. The van der Waals surface area contributed by atoms with Crippen molar-refractivity contribution in [1.82, 2.24) is 9.13 Å². The first-order valence-electron chi connectivity index (χ1n) is 29.9. The molecule has 0 saturated carbocycles. The fourth-order valence-electron chi connectivity index (χ4n) is 9.46. The molecule has 4 aromatic rings. The fraction of sp³-hybridized carbons (Fsp3) is 0.562. The second-order valence-corrected chi connectivity index (χ2v) is 21.3. The van der Waals surface area contributed by atoms with Crippen molar-refractivity contribution in [3.63, 3.8) is 0 Å². The molecule has 0 aliphatic carbocycles. The summed E-state index contributed by atoms with van der Waals surface area (Å²) in [6, 6.07) is 12.0. The largest absolute Gasteiger partial charge is 0.493 e. The highest BCUT2D eigenvalue weighted by Crippen LogP contribution is 2.36. The van der Waals surface area contributed by atoms with Crippen molar-refractivity contribution in [1.29, 1.82) is 10.5 Å². The van der Waals surface area contributed by atoms with Crippen LogP contribution in [0.15, 0.2) is 66.4 Å². The Hall–Kier alpha value is -7.84. The zero-order valence-corrected chi connectivity index (χ0v) is 50.9. The van der Waals surface area contributed by atoms with Crippen molar-refractivity contribution in [3.05, 3.63) is 102 Å². The van der Waals surface area contributed by atoms with E-state index in [4.69, 9.17) is 18.9 Å². The number of aromatic nitrogens is 2. The summed E-state index contributed by atoms with van der Waals surface area (Å²) in [7, 11) is 0. The number of Topliss-reactive ketones (excluding diaryl/α,β-unsaturated/α-hetero) is 1. The van der Waals surface area contributed by atoms with E-state index in [9.17, 15) is 49.5 Å². The molecule has 0 bridgehead atoms. The zero-order chi connectivity index (χ0) is 61.9. The number of benzene rings is 2. The minimum atomic E-state index is -1.00. The van der Waals surface area contributed by atoms with Gasteiger partial charge in [-0.2, -0.15) is 10.5 Å². The molecule has 4 atom stereocenters. The number of unbranched alkanes of at least 4 members (excludes halogenated alkanes) is 4. The SMILES string of the molecule is CCCCC(CC)COC(=O)c1ccc(C(=O)COC(CC)CCCC)c(/N=N/c2c(C)c(C#N)c(=O)n(CCn3c(O)c(/N=N/c4cc(C(=O)OCC(CC)CCCC)ccc4C(=O)OCC(CC)CCCC)c(C)c(C#N)c3=O)c2O)c1. The summed E-state index contributed by atoms with van der Waals surface area (Å²) in [6.45, 7) is 18.0. The van der Waals surface area contributed by atoms with E-state index in [2.05, 4.69) is 48.2 Å². The normalized spacial score (nSPS) is 12.9. The lowest BCUT2D eigenvalue weighted by atomic mass is 10.0. The molecular formula is C64H86N8O12. The lowest BCUT2D eigenvalue weighted by Crippen LogP contribution is -2.30. The van der Waals surface area contributed by atoms with Crippen LogP contribution in [0.4, 0.5) is 22.7 Å². The zero-order valence-electron chi connectivity index (χ0n) is 50.9. The summed E-state index contributed by atoms with van der Waals surface area (Å²) in [5.74, 6) is -3.79. The minimum absolute atomic E-state index is 0.0315. The van der Waals surface area contributed by atoms with E-state index < -0.39 is 70.8 Å². The molecule has 0 radical (unpaired) electrons. The Morgan fingerprint density at radius 1 is 0.536 bits per heavy atom. The van der Waals surface area contributed by atoms with E-state index in [0.717, 1.165) is 105 Å². The number of hydrogen-bond acceptors (Lipinski definition) is 18. The van der Waals surface area contributed by atoms with Gasteiger partial charge in [0.25, 0.3) is 11.1 Å². The van der Waals surface area contributed by atoms with Crippen LogP contribution in [0.3, 0.4) is 0 Å². The van der Waals surface area contributed by atoms with Crippen molar-refractivity contribution in [2.24, 2.45) is 38.2 Å². The number of aromatic hydroxyl groups is 2. The van der Waals surface area contributed by atoms with E-state index in [1.807, 2.05) is 39.8 Å². The maximum absolute atomic E-state index is 14.0. The van der Waals surface area contributed by atoms with E-state index in [1.165, 1.54) is 50.2 Å². The van der Waals surface area contributed by atoms with Gasteiger partial charge in [0.15, 0.2) is 17.2 Å². The number of ether oxygens (including phenoxy) is 4. The molecule has 0 spiro atoms. The van der Waals surface area contributed by atoms with Crippen molar-refractivity contribution < 1.29 is 48.3 Å². The monoisotopic (exact) mass is 1160 g/mol. The van der Waals surface area contributed by atoms with Gasteiger partial charge < -0.3 is 29.2 Å². The maximum Gasteiger partial charge on any atom is 0.340 e. The van der Waals surface area contributed by atoms with Gasteiger partial charge >= 0.3 is 17.9 Å².